The Morgan fingerprint density at radius 2 is 2.19 bits per heavy atom. The number of fused-ring (bicyclic) bond motifs is 1. The van der Waals surface area contributed by atoms with Gasteiger partial charge in [-0.1, -0.05) is 13.0 Å². The maximum absolute atomic E-state index is 4.32. The van der Waals surface area contributed by atoms with Crippen LogP contribution in [-0.2, 0) is 19.5 Å². The molecule has 3 nitrogen and oxygen atoms in total. The van der Waals surface area contributed by atoms with Gasteiger partial charge in [0.05, 0.1) is 11.2 Å². The Morgan fingerprint density at radius 1 is 1.29 bits per heavy atom. The third kappa shape index (κ3) is 3.17. The molecule has 3 rings (SSSR count). The maximum atomic E-state index is 4.32. The van der Waals surface area contributed by atoms with Gasteiger partial charge in [0.2, 0.25) is 0 Å². The Morgan fingerprint density at radius 3 is 2.95 bits per heavy atom. The molecule has 0 atom stereocenters. The van der Waals surface area contributed by atoms with Crippen molar-refractivity contribution in [3.8, 4) is 0 Å². The predicted octanol–water partition coefficient (Wildman–Crippen LogP) is 3.76. The highest BCUT2D eigenvalue weighted by Crippen LogP contribution is 2.20. The third-order valence-electron chi connectivity index (χ3n) is 3.84. The van der Waals surface area contributed by atoms with Crippen LogP contribution in [0.25, 0.3) is 10.9 Å². The molecule has 1 aromatic carbocycles. The van der Waals surface area contributed by atoms with Crippen LogP contribution in [0.4, 0.5) is 0 Å². The number of rotatable bonds is 6. The van der Waals surface area contributed by atoms with Gasteiger partial charge in [0.1, 0.15) is 0 Å². The van der Waals surface area contributed by atoms with Gasteiger partial charge >= 0.3 is 0 Å². The number of nitrogens with one attached hydrogen (secondary N) is 1. The lowest BCUT2D eigenvalue weighted by atomic mass is 10.1. The number of nitrogens with zero attached hydrogens (tertiary/aromatic N) is 2. The Labute approximate surface area is 129 Å². The summed E-state index contributed by atoms with van der Waals surface area (Å²) in [6, 6.07) is 8.96. The standard InChI is InChI=1S/C17H21N3S/c1-3-18-11-14-4-5-16-15(10-14)6-8-20(16)9-7-17-13(2)19-12-21-17/h4-6,8,10,12,18H,3,7,9,11H2,1-2H3. The van der Waals surface area contributed by atoms with E-state index in [1.165, 1.54) is 27.0 Å². The molecule has 110 valence electrons. The number of hydrogen-bond acceptors (Lipinski definition) is 3. The number of hydrogen-bond donors (Lipinski definition) is 1. The van der Waals surface area contributed by atoms with Crippen molar-refractivity contribution in [2.75, 3.05) is 6.54 Å². The fourth-order valence-corrected chi connectivity index (χ4v) is 3.38. The normalized spacial score (nSPS) is 11.3. The van der Waals surface area contributed by atoms with Crippen molar-refractivity contribution in [2.45, 2.75) is 33.4 Å². The average molecular weight is 299 g/mol. The first kappa shape index (κ1) is 14.3. The summed E-state index contributed by atoms with van der Waals surface area (Å²) in [5.41, 5.74) is 5.77. The molecule has 0 aliphatic rings. The van der Waals surface area contributed by atoms with Crippen molar-refractivity contribution in [1.29, 1.82) is 0 Å². The zero-order valence-corrected chi connectivity index (χ0v) is 13.4. The molecule has 2 aromatic heterocycles. The molecule has 0 saturated heterocycles. The zero-order chi connectivity index (χ0) is 14.7. The van der Waals surface area contributed by atoms with Gasteiger partial charge in [-0.05, 0) is 42.6 Å². The number of thiazole rings is 1. The summed E-state index contributed by atoms with van der Waals surface area (Å²) in [7, 11) is 0. The lowest BCUT2D eigenvalue weighted by molar-refractivity contribution is 0.722. The van der Waals surface area contributed by atoms with Gasteiger partial charge in [-0.2, -0.15) is 0 Å². The van der Waals surface area contributed by atoms with Gasteiger partial charge < -0.3 is 9.88 Å². The van der Waals surface area contributed by atoms with E-state index in [9.17, 15) is 0 Å². The van der Waals surface area contributed by atoms with Crippen LogP contribution in [0.3, 0.4) is 0 Å². The zero-order valence-electron chi connectivity index (χ0n) is 12.6. The molecule has 1 N–H and O–H groups in total. The first-order valence-corrected chi connectivity index (χ1v) is 8.33. The molecular weight excluding hydrogens is 278 g/mol. The van der Waals surface area contributed by atoms with Gasteiger partial charge in [0, 0.05) is 36.1 Å². The molecular formula is C17H21N3S. The minimum atomic E-state index is 0.942. The van der Waals surface area contributed by atoms with Gasteiger partial charge in [-0.15, -0.1) is 11.3 Å². The van der Waals surface area contributed by atoms with Crippen LogP contribution in [0, 0.1) is 6.92 Å². The van der Waals surface area contributed by atoms with Crippen molar-refractivity contribution < 1.29 is 0 Å². The second-order valence-corrected chi connectivity index (χ2v) is 6.23. The number of aryl methyl sites for hydroxylation is 3. The summed E-state index contributed by atoms with van der Waals surface area (Å²) in [5, 5.41) is 4.70. The van der Waals surface area contributed by atoms with Crippen LogP contribution >= 0.6 is 11.3 Å². The Hall–Kier alpha value is -1.65. The molecule has 0 spiro atoms. The molecule has 0 radical (unpaired) electrons. The van der Waals surface area contributed by atoms with Gasteiger partial charge in [-0.3, -0.25) is 0 Å². The number of benzene rings is 1. The minimum Gasteiger partial charge on any atom is -0.347 e. The molecule has 0 saturated carbocycles. The molecule has 0 bridgehead atoms. The van der Waals surface area contributed by atoms with E-state index in [2.05, 4.69) is 59.2 Å². The lowest BCUT2D eigenvalue weighted by Crippen LogP contribution is -2.11. The average Bonchev–Trinajstić information content (AvgIpc) is 3.08. The second-order valence-electron chi connectivity index (χ2n) is 5.29. The summed E-state index contributed by atoms with van der Waals surface area (Å²) in [4.78, 5) is 5.71. The van der Waals surface area contributed by atoms with Crippen molar-refractivity contribution in [3.63, 3.8) is 0 Å². The highest BCUT2D eigenvalue weighted by atomic mass is 32.1. The van der Waals surface area contributed by atoms with Crippen molar-refractivity contribution in [2.24, 2.45) is 0 Å². The van der Waals surface area contributed by atoms with Crippen LogP contribution in [-0.4, -0.2) is 16.1 Å². The fraction of sp³-hybridized carbons (Fsp3) is 0.353. The molecule has 0 unspecified atom stereocenters. The van der Waals surface area contributed by atoms with Gasteiger partial charge in [0.25, 0.3) is 0 Å². The first-order valence-electron chi connectivity index (χ1n) is 7.45. The molecule has 0 amide bonds. The molecule has 4 heteroatoms. The SMILES string of the molecule is CCNCc1ccc2c(ccn2CCc2scnc2C)c1. The second kappa shape index (κ2) is 6.41. The van der Waals surface area contributed by atoms with E-state index in [0.29, 0.717) is 0 Å². The molecule has 3 aromatic rings. The highest BCUT2D eigenvalue weighted by molar-refractivity contribution is 7.09. The predicted molar refractivity (Wildman–Crippen MR) is 89.9 cm³/mol. The van der Waals surface area contributed by atoms with Crippen molar-refractivity contribution >= 4 is 22.2 Å². The fourth-order valence-electron chi connectivity index (χ4n) is 2.61. The quantitative estimate of drug-likeness (QED) is 0.751. The van der Waals surface area contributed by atoms with Crippen LogP contribution in [0.15, 0.2) is 36.0 Å². The summed E-state index contributed by atoms with van der Waals surface area (Å²) < 4.78 is 2.34. The highest BCUT2D eigenvalue weighted by Gasteiger charge is 2.05. The van der Waals surface area contributed by atoms with Crippen LogP contribution in [0.5, 0.6) is 0 Å². The van der Waals surface area contributed by atoms with E-state index in [1.807, 2.05) is 5.51 Å². The van der Waals surface area contributed by atoms with E-state index in [1.54, 1.807) is 11.3 Å². The smallest absolute Gasteiger partial charge is 0.0797 e. The maximum Gasteiger partial charge on any atom is 0.0797 e. The first-order chi connectivity index (χ1) is 10.3. The van der Waals surface area contributed by atoms with E-state index >= 15 is 0 Å². The van der Waals surface area contributed by atoms with Crippen LogP contribution < -0.4 is 5.32 Å². The molecule has 0 aliphatic carbocycles. The minimum absolute atomic E-state index is 0.942. The summed E-state index contributed by atoms with van der Waals surface area (Å²) >= 11 is 1.76. The molecule has 0 fully saturated rings. The largest absolute Gasteiger partial charge is 0.347 e. The third-order valence-corrected chi connectivity index (χ3v) is 4.83. The Kier molecular flexibility index (Phi) is 4.36. The van der Waals surface area contributed by atoms with Crippen molar-refractivity contribution in [3.05, 3.63) is 52.1 Å². The lowest BCUT2D eigenvalue weighted by Gasteiger charge is -2.06. The molecule has 21 heavy (non-hydrogen) atoms. The summed E-state index contributed by atoms with van der Waals surface area (Å²) in [6.07, 6.45) is 3.25. The summed E-state index contributed by atoms with van der Waals surface area (Å²) in [6.45, 7) is 7.19. The van der Waals surface area contributed by atoms with Gasteiger partial charge in [-0.25, -0.2) is 4.98 Å². The van der Waals surface area contributed by atoms with E-state index < -0.39 is 0 Å². The van der Waals surface area contributed by atoms with Gasteiger partial charge in [0.15, 0.2) is 0 Å². The molecule has 0 aliphatic heterocycles. The van der Waals surface area contributed by atoms with Crippen LogP contribution in [0.1, 0.15) is 23.1 Å². The van der Waals surface area contributed by atoms with E-state index in [4.69, 9.17) is 0 Å². The van der Waals surface area contributed by atoms with Crippen LogP contribution in [0.2, 0.25) is 0 Å². The van der Waals surface area contributed by atoms with E-state index in [-0.39, 0.29) is 0 Å². The van der Waals surface area contributed by atoms with E-state index in [0.717, 1.165) is 26.1 Å². The monoisotopic (exact) mass is 299 g/mol. The van der Waals surface area contributed by atoms with Crippen molar-refractivity contribution in [1.82, 2.24) is 14.9 Å². The Bertz CT molecular complexity index is 727. The summed E-state index contributed by atoms with van der Waals surface area (Å²) in [5.74, 6) is 0. The Balaban J connectivity index is 1.76. The molecule has 2 heterocycles. The topological polar surface area (TPSA) is 29.9 Å². The number of aromatic nitrogens is 2.